The predicted molar refractivity (Wildman–Crippen MR) is 94.3 cm³/mol. The molecule has 1 saturated heterocycles. The van der Waals surface area contributed by atoms with Gasteiger partial charge in [0.25, 0.3) is 10.0 Å². The molecular weight excluding hydrogens is 352 g/mol. The molecule has 3 rings (SSSR count). The van der Waals surface area contributed by atoms with Crippen molar-refractivity contribution in [2.45, 2.75) is 60.9 Å². The molecule has 1 saturated carbocycles. The lowest BCUT2D eigenvalue weighted by molar-refractivity contribution is -0.128. The monoisotopic (exact) mass is 372 g/mol. The molecule has 0 bridgehead atoms. The molecule has 0 N–H and O–H groups in total. The molecule has 1 aliphatic heterocycles. The fraction of sp³-hybridized carbons (Fsp3) is 0.600. The minimum atomic E-state index is -3.74. The van der Waals surface area contributed by atoms with E-state index in [1.165, 1.54) is 18.2 Å². The maximum Gasteiger partial charge on any atom is 0.294 e. The molecule has 23 heavy (non-hydrogen) atoms. The SMILES string of the molecule is CC[C@H]1SC(=NS(=O)(=O)c2cccs2)N(C2CCCCC2)C1=O. The van der Waals surface area contributed by atoms with E-state index >= 15 is 0 Å². The molecule has 0 spiro atoms. The number of hydrogen-bond donors (Lipinski definition) is 0. The number of amidine groups is 1. The van der Waals surface area contributed by atoms with Gasteiger partial charge in [-0.25, -0.2) is 0 Å². The van der Waals surface area contributed by atoms with Crippen LogP contribution in [0.25, 0.3) is 0 Å². The number of hydrogen-bond acceptors (Lipinski definition) is 5. The Bertz CT molecular complexity index is 692. The highest BCUT2D eigenvalue weighted by atomic mass is 32.2. The second-order valence-corrected chi connectivity index (χ2v) is 9.74. The Morgan fingerprint density at radius 3 is 2.65 bits per heavy atom. The van der Waals surface area contributed by atoms with Gasteiger partial charge in [-0.2, -0.15) is 8.42 Å². The quantitative estimate of drug-likeness (QED) is 0.811. The second kappa shape index (κ2) is 6.94. The number of nitrogens with zero attached hydrogens (tertiary/aromatic N) is 2. The Morgan fingerprint density at radius 2 is 2.04 bits per heavy atom. The van der Waals surface area contributed by atoms with Gasteiger partial charge in [0.15, 0.2) is 5.17 Å². The minimum Gasteiger partial charge on any atom is -0.287 e. The number of rotatable bonds is 4. The molecule has 2 heterocycles. The van der Waals surface area contributed by atoms with Crippen LogP contribution >= 0.6 is 23.1 Å². The van der Waals surface area contributed by atoms with Crippen LogP contribution in [-0.2, 0) is 14.8 Å². The topological polar surface area (TPSA) is 66.8 Å². The van der Waals surface area contributed by atoms with Crippen LogP contribution in [0.3, 0.4) is 0 Å². The van der Waals surface area contributed by atoms with E-state index in [0.29, 0.717) is 11.6 Å². The summed E-state index contributed by atoms with van der Waals surface area (Å²) in [5.74, 6) is 0.0181. The van der Waals surface area contributed by atoms with Gasteiger partial charge in [-0.1, -0.05) is 44.0 Å². The van der Waals surface area contributed by atoms with Crippen molar-refractivity contribution in [3.8, 4) is 0 Å². The van der Waals surface area contributed by atoms with Crippen molar-refractivity contribution in [2.75, 3.05) is 0 Å². The molecule has 126 valence electrons. The molecular formula is C15H20N2O3S3. The Hall–Kier alpha value is -0.860. The van der Waals surface area contributed by atoms with Crippen molar-refractivity contribution in [1.29, 1.82) is 0 Å². The predicted octanol–water partition coefficient (Wildman–Crippen LogP) is 3.48. The van der Waals surface area contributed by atoms with E-state index in [0.717, 1.165) is 37.0 Å². The van der Waals surface area contributed by atoms with Crippen LogP contribution in [0, 0.1) is 0 Å². The van der Waals surface area contributed by atoms with Gasteiger partial charge >= 0.3 is 0 Å². The van der Waals surface area contributed by atoms with Gasteiger partial charge in [0.2, 0.25) is 5.91 Å². The molecule has 5 nitrogen and oxygen atoms in total. The van der Waals surface area contributed by atoms with E-state index in [-0.39, 0.29) is 21.4 Å². The van der Waals surface area contributed by atoms with Crippen molar-refractivity contribution in [1.82, 2.24) is 4.90 Å². The summed E-state index contributed by atoms with van der Waals surface area (Å²) in [5, 5.41) is 1.87. The van der Waals surface area contributed by atoms with Crippen LogP contribution in [0.4, 0.5) is 0 Å². The highest BCUT2D eigenvalue weighted by Crippen LogP contribution is 2.36. The zero-order chi connectivity index (χ0) is 16.4. The molecule has 8 heteroatoms. The fourth-order valence-corrected chi connectivity index (χ4v) is 6.34. The highest BCUT2D eigenvalue weighted by Gasteiger charge is 2.42. The maximum absolute atomic E-state index is 12.7. The Balaban J connectivity index is 1.94. The third-order valence-electron chi connectivity index (χ3n) is 4.22. The van der Waals surface area contributed by atoms with E-state index in [4.69, 9.17) is 0 Å². The standard InChI is InChI=1S/C15H20N2O3S3/c1-2-12-14(18)17(11-7-4-3-5-8-11)15(22-12)16-23(19,20)13-9-6-10-21-13/h6,9-12H,2-5,7-8H2,1H3/t12-/m1/s1. The Kier molecular flexibility index (Phi) is 5.13. The van der Waals surface area contributed by atoms with E-state index in [1.54, 1.807) is 22.4 Å². The molecule has 2 aliphatic rings. The average Bonchev–Trinajstić information content (AvgIpc) is 3.17. The molecule has 0 aromatic carbocycles. The summed E-state index contributed by atoms with van der Waals surface area (Å²) in [7, 11) is -3.74. The molecule has 1 aromatic rings. The summed E-state index contributed by atoms with van der Waals surface area (Å²) in [6.45, 7) is 1.95. The van der Waals surface area contributed by atoms with Crippen LogP contribution in [0.1, 0.15) is 45.4 Å². The van der Waals surface area contributed by atoms with Gasteiger partial charge in [-0.3, -0.25) is 9.69 Å². The Labute approximate surface area is 145 Å². The van der Waals surface area contributed by atoms with Crippen LogP contribution in [0.5, 0.6) is 0 Å². The average molecular weight is 373 g/mol. The first-order chi connectivity index (χ1) is 11.0. The molecule has 1 aliphatic carbocycles. The van der Waals surface area contributed by atoms with Crippen molar-refractivity contribution in [3.63, 3.8) is 0 Å². The van der Waals surface area contributed by atoms with Crippen molar-refractivity contribution < 1.29 is 13.2 Å². The van der Waals surface area contributed by atoms with E-state index < -0.39 is 10.0 Å². The first-order valence-electron chi connectivity index (χ1n) is 7.91. The second-order valence-electron chi connectivity index (χ2n) is 5.80. The van der Waals surface area contributed by atoms with Crippen LogP contribution in [-0.4, -0.2) is 35.7 Å². The minimum absolute atomic E-state index is 0.0181. The van der Waals surface area contributed by atoms with Gasteiger partial charge in [-0.05, 0) is 30.7 Å². The zero-order valence-electron chi connectivity index (χ0n) is 13.0. The molecule has 1 amide bonds. The van der Waals surface area contributed by atoms with Gasteiger partial charge in [-0.15, -0.1) is 15.7 Å². The number of thiophene rings is 1. The van der Waals surface area contributed by atoms with Crippen LogP contribution < -0.4 is 0 Å². The summed E-state index contributed by atoms with van der Waals surface area (Å²) >= 11 is 2.45. The van der Waals surface area contributed by atoms with Crippen molar-refractivity contribution in [3.05, 3.63) is 17.5 Å². The summed E-state index contributed by atoms with van der Waals surface area (Å²) in [4.78, 5) is 14.3. The van der Waals surface area contributed by atoms with Crippen molar-refractivity contribution >= 4 is 44.2 Å². The van der Waals surface area contributed by atoms with Gasteiger partial charge < -0.3 is 0 Å². The summed E-state index contributed by atoms with van der Waals surface area (Å²) < 4.78 is 29.1. The number of thioether (sulfide) groups is 1. The van der Waals surface area contributed by atoms with E-state index in [9.17, 15) is 13.2 Å². The maximum atomic E-state index is 12.7. The van der Waals surface area contributed by atoms with Crippen LogP contribution in [0.15, 0.2) is 26.1 Å². The number of sulfonamides is 1. The molecule has 1 atom stereocenters. The highest BCUT2D eigenvalue weighted by molar-refractivity contribution is 8.16. The van der Waals surface area contributed by atoms with E-state index in [1.807, 2.05) is 6.92 Å². The third-order valence-corrected chi connectivity index (χ3v) is 8.30. The summed E-state index contributed by atoms with van der Waals surface area (Å²) in [5.41, 5.74) is 0. The fourth-order valence-electron chi connectivity index (χ4n) is 3.04. The smallest absolute Gasteiger partial charge is 0.287 e. The summed E-state index contributed by atoms with van der Waals surface area (Å²) in [6.07, 6.45) is 5.90. The molecule has 2 fully saturated rings. The van der Waals surface area contributed by atoms with Gasteiger partial charge in [0.05, 0.1) is 5.25 Å². The molecule has 0 radical (unpaired) electrons. The van der Waals surface area contributed by atoms with Crippen LogP contribution in [0.2, 0.25) is 0 Å². The zero-order valence-corrected chi connectivity index (χ0v) is 15.4. The number of carbonyl (C=O) groups excluding carboxylic acids is 1. The first kappa shape index (κ1) is 17.0. The molecule has 1 aromatic heterocycles. The Morgan fingerprint density at radius 1 is 1.30 bits per heavy atom. The first-order valence-corrected chi connectivity index (χ1v) is 11.1. The lowest BCUT2D eigenvalue weighted by atomic mass is 9.94. The summed E-state index contributed by atoms with van der Waals surface area (Å²) in [6, 6.07) is 3.34. The normalized spacial score (nSPS) is 25.4. The lowest BCUT2D eigenvalue weighted by Gasteiger charge is -2.30. The lowest BCUT2D eigenvalue weighted by Crippen LogP contribution is -2.42. The van der Waals surface area contributed by atoms with Gasteiger partial charge in [0, 0.05) is 6.04 Å². The number of carbonyl (C=O) groups is 1. The number of amides is 1. The van der Waals surface area contributed by atoms with E-state index in [2.05, 4.69) is 4.40 Å². The largest absolute Gasteiger partial charge is 0.294 e. The molecule has 0 unspecified atom stereocenters. The van der Waals surface area contributed by atoms with Gasteiger partial charge in [0.1, 0.15) is 4.21 Å². The van der Waals surface area contributed by atoms with Crippen molar-refractivity contribution in [2.24, 2.45) is 4.40 Å². The third kappa shape index (κ3) is 3.49.